The van der Waals surface area contributed by atoms with E-state index in [1.807, 2.05) is 24.3 Å². The van der Waals surface area contributed by atoms with Crippen molar-refractivity contribution in [1.82, 2.24) is 4.90 Å². The third-order valence-corrected chi connectivity index (χ3v) is 3.12. The van der Waals surface area contributed by atoms with Crippen molar-refractivity contribution in [2.24, 2.45) is 11.7 Å². The molecule has 0 aromatic heterocycles. The summed E-state index contributed by atoms with van der Waals surface area (Å²) in [5, 5.41) is 2.94. The van der Waals surface area contributed by atoms with Gasteiger partial charge in [-0.1, -0.05) is 26.0 Å². The van der Waals surface area contributed by atoms with Crippen LogP contribution in [0, 0.1) is 5.92 Å². The molecule has 0 radical (unpaired) electrons. The molecule has 4 heteroatoms. The molecular weight excluding hydrogens is 250 g/mol. The van der Waals surface area contributed by atoms with Crippen LogP contribution < -0.4 is 11.1 Å². The molecule has 1 aromatic rings. The molecule has 0 saturated carbocycles. The molecule has 1 amide bonds. The highest BCUT2D eigenvalue weighted by molar-refractivity contribution is 5.92. The summed E-state index contributed by atoms with van der Waals surface area (Å²) >= 11 is 0. The molecular formula is C16H27N3O. The fourth-order valence-electron chi connectivity index (χ4n) is 2.09. The Morgan fingerprint density at radius 3 is 2.55 bits per heavy atom. The molecule has 112 valence electrons. The number of carbonyl (C=O) groups excluding carboxylic acids is 1. The van der Waals surface area contributed by atoms with Gasteiger partial charge in [-0.2, -0.15) is 0 Å². The first-order chi connectivity index (χ1) is 9.42. The van der Waals surface area contributed by atoms with Crippen LogP contribution in [0.25, 0.3) is 0 Å². The minimum atomic E-state index is 0.0218. The molecule has 1 rings (SSSR count). The van der Waals surface area contributed by atoms with E-state index in [9.17, 15) is 4.79 Å². The van der Waals surface area contributed by atoms with Gasteiger partial charge in [0, 0.05) is 24.8 Å². The number of nitrogens with zero attached hydrogens (tertiary/aromatic N) is 1. The van der Waals surface area contributed by atoms with Crippen LogP contribution in [-0.4, -0.2) is 29.9 Å². The van der Waals surface area contributed by atoms with Crippen LogP contribution in [0.15, 0.2) is 24.3 Å². The number of nitrogens with two attached hydrogens (primary N) is 1. The van der Waals surface area contributed by atoms with Crippen molar-refractivity contribution in [3.8, 4) is 0 Å². The van der Waals surface area contributed by atoms with Crippen molar-refractivity contribution in [2.75, 3.05) is 18.4 Å². The summed E-state index contributed by atoms with van der Waals surface area (Å²) in [5.41, 5.74) is 7.43. The maximum atomic E-state index is 12.1. The number of amides is 1. The van der Waals surface area contributed by atoms with E-state index in [1.54, 1.807) is 0 Å². The fraction of sp³-hybridized carbons (Fsp3) is 0.562. The Balaban J connectivity index is 2.60. The maximum absolute atomic E-state index is 12.1. The predicted molar refractivity (Wildman–Crippen MR) is 84.5 cm³/mol. The minimum absolute atomic E-state index is 0.0218. The van der Waals surface area contributed by atoms with E-state index in [0.717, 1.165) is 17.8 Å². The first-order valence-electron chi connectivity index (χ1n) is 7.25. The second-order valence-electron chi connectivity index (χ2n) is 5.87. The van der Waals surface area contributed by atoms with Gasteiger partial charge in [0.05, 0.1) is 6.54 Å². The van der Waals surface area contributed by atoms with Gasteiger partial charge in [-0.25, -0.2) is 0 Å². The molecule has 4 nitrogen and oxygen atoms in total. The Kier molecular flexibility index (Phi) is 6.68. The van der Waals surface area contributed by atoms with Gasteiger partial charge >= 0.3 is 0 Å². The third kappa shape index (κ3) is 5.72. The lowest BCUT2D eigenvalue weighted by Crippen LogP contribution is -2.40. The van der Waals surface area contributed by atoms with E-state index in [2.05, 4.69) is 37.9 Å². The van der Waals surface area contributed by atoms with Gasteiger partial charge in [0.1, 0.15) is 0 Å². The summed E-state index contributed by atoms with van der Waals surface area (Å²) in [6, 6.07) is 8.03. The average molecular weight is 277 g/mol. The van der Waals surface area contributed by atoms with Gasteiger partial charge in [-0.3, -0.25) is 9.69 Å². The lowest BCUT2D eigenvalue weighted by Gasteiger charge is -2.27. The van der Waals surface area contributed by atoms with Crippen LogP contribution in [0.5, 0.6) is 0 Å². The van der Waals surface area contributed by atoms with Crippen molar-refractivity contribution < 1.29 is 4.79 Å². The molecule has 0 spiro atoms. The zero-order valence-corrected chi connectivity index (χ0v) is 13.0. The smallest absolute Gasteiger partial charge is 0.238 e. The Morgan fingerprint density at radius 2 is 2.00 bits per heavy atom. The van der Waals surface area contributed by atoms with Gasteiger partial charge in [0.15, 0.2) is 0 Å². The van der Waals surface area contributed by atoms with E-state index in [1.165, 1.54) is 0 Å². The molecule has 0 aliphatic heterocycles. The minimum Gasteiger partial charge on any atom is -0.326 e. The Morgan fingerprint density at radius 1 is 1.30 bits per heavy atom. The van der Waals surface area contributed by atoms with E-state index in [-0.39, 0.29) is 5.91 Å². The molecule has 0 bridgehead atoms. The van der Waals surface area contributed by atoms with E-state index >= 15 is 0 Å². The third-order valence-electron chi connectivity index (χ3n) is 3.12. The van der Waals surface area contributed by atoms with Crippen LogP contribution in [-0.2, 0) is 11.3 Å². The van der Waals surface area contributed by atoms with E-state index in [0.29, 0.717) is 25.0 Å². The molecule has 0 aliphatic rings. The Labute approximate surface area is 122 Å². The van der Waals surface area contributed by atoms with Crippen LogP contribution in [0.4, 0.5) is 5.69 Å². The monoisotopic (exact) mass is 277 g/mol. The first-order valence-corrected chi connectivity index (χ1v) is 7.25. The highest BCUT2D eigenvalue weighted by Gasteiger charge is 2.15. The van der Waals surface area contributed by atoms with Gasteiger partial charge in [-0.05, 0) is 37.5 Å². The van der Waals surface area contributed by atoms with Crippen LogP contribution in [0.3, 0.4) is 0 Å². The molecule has 0 aliphatic carbocycles. The van der Waals surface area contributed by atoms with Gasteiger partial charge in [0.2, 0.25) is 5.91 Å². The van der Waals surface area contributed by atoms with Crippen LogP contribution in [0.1, 0.15) is 33.3 Å². The van der Waals surface area contributed by atoms with Crippen molar-refractivity contribution in [3.05, 3.63) is 29.8 Å². The number of carbonyl (C=O) groups is 1. The second kappa shape index (κ2) is 8.02. The summed E-state index contributed by atoms with van der Waals surface area (Å²) < 4.78 is 0. The predicted octanol–water partition coefficient (Wildman–Crippen LogP) is 2.45. The normalized spacial score (nSPS) is 11.4. The molecule has 1 aromatic carbocycles. The largest absolute Gasteiger partial charge is 0.326 e. The number of nitrogens with one attached hydrogen (secondary N) is 1. The summed E-state index contributed by atoms with van der Waals surface area (Å²) in [4.78, 5) is 14.3. The SMILES string of the molecule is CC(C)CN(CC(=O)Nc1cccc(CN)c1)C(C)C. The average Bonchev–Trinajstić information content (AvgIpc) is 2.37. The second-order valence-corrected chi connectivity index (χ2v) is 5.87. The molecule has 20 heavy (non-hydrogen) atoms. The van der Waals surface area contributed by atoms with Gasteiger partial charge in [0.25, 0.3) is 0 Å². The van der Waals surface area contributed by atoms with Gasteiger partial charge in [-0.15, -0.1) is 0 Å². The van der Waals surface area contributed by atoms with Crippen molar-refractivity contribution in [3.63, 3.8) is 0 Å². The molecule has 0 heterocycles. The fourth-order valence-corrected chi connectivity index (χ4v) is 2.09. The topological polar surface area (TPSA) is 58.4 Å². The highest BCUT2D eigenvalue weighted by atomic mass is 16.2. The summed E-state index contributed by atoms with van der Waals surface area (Å²) in [6.45, 7) is 10.4. The Bertz CT molecular complexity index is 429. The molecule has 0 saturated heterocycles. The zero-order chi connectivity index (χ0) is 15.1. The van der Waals surface area contributed by atoms with E-state index in [4.69, 9.17) is 5.73 Å². The molecule has 3 N–H and O–H groups in total. The summed E-state index contributed by atoms with van der Waals surface area (Å²) in [7, 11) is 0. The molecule has 0 unspecified atom stereocenters. The van der Waals surface area contributed by atoms with Crippen molar-refractivity contribution >= 4 is 11.6 Å². The maximum Gasteiger partial charge on any atom is 0.238 e. The zero-order valence-electron chi connectivity index (χ0n) is 13.0. The summed E-state index contributed by atoms with van der Waals surface area (Å²) in [6.07, 6.45) is 0. The number of rotatable bonds is 7. The molecule has 0 fully saturated rings. The summed E-state index contributed by atoms with van der Waals surface area (Å²) in [5.74, 6) is 0.569. The standard InChI is InChI=1S/C16H27N3O/c1-12(2)10-19(13(3)4)11-16(20)18-15-7-5-6-14(8-15)9-17/h5-8,12-13H,9-11,17H2,1-4H3,(H,18,20). The highest BCUT2D eigenvalue weighted by Crippen LogP contribution is 2.11. The number of anilines is 1. The molecule has 0 atom stereocenters. The number of hydrogen-bond donors (Lipinski definition) is 2. The van der Waals surface area contributed by atoms with Crippen LogP contribution in [0.2, 0.25) is 0 Å². The quantitative estimate of drug-likeness (QED) is 0.805. The lowest BCUT2D eigenvalue weighted by molar-refractivity contribution is -0.117. The van der Waals surface area contributed by atoms with Crippen LogP contribution >= 0.6 is 0 Å². The van der Waals surface area contributed by atoms with Crippen molar-refractivity contribution in [2.45, 2.75) is 40.3 Å². The first kappa shape index (κ1) is 16.7. The number of benzene rings is 1. The number of hydrogen-bond acceptors (Lipinski definition) is 3. The van der Waals surface area contributed by atoms with E-state index < -0.39 is 0 Å². The van der Waals surface area contributed by atoms with Gasteiger partial charge < -0.3 is 11.1 Å². The Hall–Kier alpha value is -1.39. The lowest BCUT2D eigenvalue weighted by atomic mass is 10.1. The van der Waals surface area contributed by atoms with Crippen molar-refractivity contribution in [1.29, 1.82) is 0 Å².